The van der Waals surface area contributed by atoms with E-state index in [0.717, 1.165) is 32.8 Å². The standard InChI is InChI=1S/C14H20N2O4/c1-18-13-10-11(2-3-12(13)15)14(17)20-9-6-16-4-7-19-8-5-16/h2-3,10H,4-9,15H2,1H3. The molecule has 1 aromatic carbocycles. The Labute approximate surface area is 118 Å². The molecule has 2 N–H and O–H groups in total. The first-order valence-corrected chi connectivity index (χ1v) is 6.61. The van der Waals surface area contributed by atoms with Gasteiger partial charge in [-0.25, -0.2) is 4.79 Å². The van der Waals surface area contributed by atoms with Gasteiger partial charge in [0.05, 0.1) is 31.6 Å². The van der Waals surface area contributed by atoms with Crippen LogP contribution in [-0.4, -0.2) is 57.4 Å². The van der Waals surface area contributed by atoms with E-state index in [1.165, 1.54) is 7.11 Å². The molecule has 20 heavy (non-hydrogen) atoms. The van der Waals surface area contributed by atoms with Crippen LogP contribution < -0.4 is 10.5 Å². The van der Waals surface area contributed by atoms with E-state index in [4.69, 9.17) is 19.9 Å². The van der Waals surface area contributed by atoms with Gasteiger partial charge in [-0.3, -0.25) is 4.90 Å². The molecule has 0 radical (unpaired) electrons. The van der Waals surface area contributed by atoms with E-state index < -0.39 is 0 Å². The van der Waals surface area contributed by atoms with Crippen LogP contribution in [0.15, 0.2) is 18.2 Å². The largest absolute Gasteiger partial charge is 0.495 e. The van der Waals surface area contributed by atoms with Gasteiger partial charge in [-0.05, 0) is 18.2 Å². The number of methoxy groups -OCH3 is 1. The number of ether oxygens (including phenoxy) is 3. The fourth-order valence-electron chi connectivity index (χ4n) is 2.01. The van der Waals surface area contributed by atoms with Crippen LogP contribution in [0.3, 0.4) is 0 Å². The van der Waals surface area contributed by atoms with E-state index in [1.807, 2.05) is 0 Å². The van der Waals surface area contributed by atoms with Gasteiger partial charge in [-0.15, -0.1) is 0 Å². The monoisotopic (exact) mass is 280 g/mol. The van der Waals surface area contributed by atoms with Gasteiger partial charge in [-0.2, -0.15) is 0 Å². The Kier molecular flexibility index (Phi) is 5.20. The number of nitrogen functional groups attached to an aromatic ring is 1. The van der Waals surface area contributed by atoms with E-state index in [2.05, 4.69) is 4.90 Å². The third-order valence-corrected chi connectivity index (χ3v) is 3.21. The Morgan fingerprint density at radius 2 is 2.15 bits per heavy atom. The normalized spacial score (nSPS) is 15.8. The zero-order valence-corrected chi connectivity index (χ0v) is 11.6. The molecule has 0 aromatic heterocycles. The number of hydrogen-bond acceptors (Lipinski definition) is 6. The topological polar surface area (TPSA) is 74.0 Å². The minimum atomic E-state index is -0.364. The third-order valence-electron chi connectivity index (χ3n) is 3.21. The van der Waals surface area contributed by atoms with Crippen LogP contribution in [0.1, 0.15) is 10.4 Å². The van der Waals surface area contributed by atoms with E-state index in [1.54, 1.807) is 18.2 Å². The first-order valence-electron chi connectivity index (χ1n) is 6.61. The molecule has 1 fully saturated rings. The van der Waals surface area contributed by atoms with Gasteiger partial charge in [0.15, 0.2) is 0 Å². The molecular weight excluding hydrogens is 260 g/mol. The first-order chi connectivity index (χ1) is 9.70. The lowest BCUT2D eigenvalue weighted by Crippen LogP contribution is -2.38. The van der Waals surface area contributed by atoms with Gasteiger partial charge in [0.25, 0.3) is 0 Å². The number of benzene rings is 1. The SMILES string of the molecule is COc1cc(C(=O)OCCN2CCOCC2)ccc1N. The van der Waals surface area contributed by atoms with Crippen molar-refractivity contribution >= 4 is 11.7 Å². The second-order valence-electron chi connectivity index (χ2n) is 4.55. The lowest BCUT2D eigenvalue weighted by atomic mass is 10.2. The average Bonchev–Trinajstić information content (AvgIpc) is 2.48. The number of morpholine rings is 1. The fraction of sp³-hybridized carbons (Fsp3) is 0.500. The van der Waals surface area contributed by atoms with Gasteiger partial charge >= 0.3 is 5.97 Å². The van der Waals surface area contributed by atoms with Crippen LogP contribution in [0.25, 0.3) is 0 Å². The van der Waals surface area contributed by atoms with Crippen molar-refractivity contribution < 1.29 is 19.0 Å². The highest BCUT2D eigenvalue weighted by Crippen LogP contribution is 2.22. The number of rotatable bonds is 5. The summed E-state index contributed by atoms with van der Waals surface area (Å²) in [5.74, 6) is 0.115. The molecule has 1 aromatic rings. The van der Waals surface area contributed by atoms with E-state index in [9.17, 15) is 4.79 Å². The lowest BCUT2D eigenvalue weighted by Gasteiger charge is -2.26. The first kappa shape index (κ1) is 14.6. The number of carbonyl (C=O) groups is 1. The molecule has 0 aliphatic carbocycles. The zero-order chi connectivity index (χ0) is 14.4. The highest BCUT2D eigenvalue weighted by Gasteiger charge is 2.13. The quantitative estimate of drug-likeness (QED) is 0.634. The molecule has 0 saturated carbocycles. The van der Waals surface area contributed by atoms with Crippen molar-refractivity contribution in [2.75, 3.05) is 52.3 Å². The van der Waals surface area contributed by atoms with Crippen LogP contribution in [0.4, 0.5) is 5.69 Å². The van der Waals surface area contributed by atoms with Crippen molar-refractivity contribution in [2.45, 2.75) is 0 Å². The lowest BCUT2D eigenvalue weighted by molar-refractivity contribution is 0.0195. The van der Waals surface area contributed by atoms with Crippen molar-refractivity contribution in [3.8, 4) is 5.75 Å². The molecule has 1 heterocycles. The summed E-state index contributed by atoms with van der Waals surface area (Å²) in [4.78, 5) is 14.1. The predicted octanol–water partition coefficient (Wildman–Crippen LogP) is 0.766. The molecule has 110 valence electrons. The summed E-state index contributed by atoms with van der Waals surface area (Å²) in [5.41, 5.74) is 6.64. The number of nitrogens with zero attached hydrogens (tertiary/aromatic N) is 1. The van der Waals surface area contributed by atoms with E-state index in [0.29, 0.717) is 23.6 Å². The summed E-state index contributed by atoms with van der Waals surface area (Å²) in [6.45, 7) is 4.33. The minimum Gasteiger partial charge on any atom is -0.495 e. The van der Waals surface area contributed by atoms with E-state index >= 15 is 0 Å². The zero-order valence-electron chi connectivity index (χ0n) is 11.6. The summed E-state index contributed by atoms with van der Waals surface area (Å²) < 4.78 is 15.6. The minimum absolute atomic E-state index is 0.364. The molecule has 0 unspecified atom stereocenters. The van der Waals surface area contributed by atoms with Crippen LogP contribution in [0.2, 0.25) is 0 Å². The smallest absolute Gasteiger partial charge is 0.338 e. The van der Waals surface area contributed by atoms with Crippen LogP contribution >= 0.6 is 0 Å². The Bertz CT molecular complexity index is 458. The number of nitrogens with two attached hydrogens (primary N) is 1. The maximum Gasteiger partial charge on any atom is 0.338 e. The molecule has 1 aliphatic rings. The second-order valence-corrected chi connectivity index (χ2v) is 4.55. The summed E-state index contributed by atoms with van der Waals surface area (Å²) >= 11 is 0. The molecule has 1 saturated heterocycles. The molecule has 0 atom stereocenters. The van der Waals surface area contributed by atoms with Crippen molar-refractivity contribution in [1.82, 2.24) is 4.90 Å². The predicted molar refractivity (Wildman–Crippen MR) is 74.9 cm³/mol. The molecule has 1 aliphatic heterocycles. The maximum atomic E-state index is 11.9. The number of carbonyl (C=O) groups excluding carboxylic acids is 1. The molecule has 0 amide bonds. The van der Waals surface area contributed by atoms with Gasteiger partial charge < -0.3 is 19.9 Å². The van der Waals surface area contributed by atoms with Crippen molar-refractivity contribution in [3.63, 3.8) is 0 Å². The molecular formula is C14H20N2O4. The maximum absolute atomic E-state index is 11.9. The van der Waals surface area contributed by atoms with Crippen LogP contribution in [0.5, 0.6) is 5.75 Å². The number of hydrogen-bond donors (Lipinski definition) is 1. The molecule has 2 rings (SSSR count). The molecule has 0 spiro atoms. The van der Waals surface area contributed by atoms with Crippen molar-refractivity contribution in [2.24, 2.45) is 0 Å². The second kappa shape index (κ2) is 7.12. The van der Waals surface area contributed by atoms with Crippen molar-refractivity contribution in [1.29, 1.82) is 0 Å². The molecule has 6 heteroatoms. The van der Waals surface area contributed by atoms with Gasteiger partial charge in [0.2, 0.25) is 0 Å². The van der Waals surface area contributed by atoms with Crippen molar-refractivity contribution in [3.05, 3.63) is 23.8 Å². The van der Waals surface area contributed by atoms with Crippen LogP contribution in [-0.2, 0) is 9.47 Å². The summed E-state index contributed by atoms with van der Waals surface area (Å²) in [6.07, 6.45) is 0. The molecule has 6 nitrogen and oxygen atoms in total. The van der Waals surface area contributed by atoms with Gasteiger partial charge in [0, 0.05) is 19.6 Å². The number of anilines is 1. The molecule has 0 bridgehead atoms. The summed E-state index contributed by atoms with van der Waals surface area (Å²) in [7, 11) is 1.51. The van der Waals surface area contributed by atoms with Gasteiger partial charge in [-0.1, -0.05) is 0 Å². The summed E-state index contributed by atoms with van der Waals surface area (Å²) in [6, 6.07) is 4.86. The average molecular weight is 280 g/mol. The Morgan fingerprint density at radius 3 is 2.85 bits per heavy atom. The highest BCUT2D eigenvalue weighted by atomic mass is 16.5. The van der Waals surface area contributed by atoms with Gasteiger partial charge in [0.1, 0.15) is 12.4 Å². The summed E-state index contributed by atoms with van der Waals surface area (Å²) in [5, 5.41) is 0. The third kappa shape index (κ3) is 3.85. The Hall–Kier alpha value is -1.79. The fourth-order valence-corrected chi connectivity index (χ4v) is 2.01. The van der Waals surface area contributed by atoms with E-state index in [-0.39, 0.29) is 5.97 Å². The Morgan fingerprint density at radius 1 is 1.40 bits per heavy atom. The number of esters is 1. The van der Waals surface area contributed by atoms with Crippen LogP contribution in [0, 0.1) is 0 Å². The Balaban J connectivity index is 1.82. The highest BCUT2D eigenvalue weighted by molar-refractivity contribution is 5.90.